The number of anilines is 1. The molecule has 0 spiro atoms. The number of aromatic nitrogens is 2. The van der Waals surface area contributed by atoms with Gasteiger partial charge in [-0.25, -0.2) is 0 Å². The Morgan fingerprint density at radius 1 is 1.21 bits per heavy atom. The topological polar surface area (TPSA) is 71.3 Å². The van der Waals surface area contributed by atoms with Crippen molar-refractivity contribution >= 4 is 11.6 Å². The lowest BCUT2D eigenvalue weighted by molar-refractivity contribution is -0.115. The first-order valence-corrected chi connectivity index (χ1v) is 8.41. The first-order valence-electron chi connectivity index (χ1n) is 8.41. The summed E-state index contributed by atoms with van der Waals surface area (Å²) < 4.78 is 5.12. The maximum Gasteiger partial charge on any atom is 0.236 e. The van der Waals surface area contributed by atoms with Crippen LogP contribution in [0.2, 0.25) is 0 Å². The van der Waals surface area contributed by atoms with Crippen molar-refractivity contribution in [1.82, 2.24) is 15.0 Å². The largest absolute Gasteiger partial charge is 0.339 e. The van der Waals surface area contributed by atoms with Crippen LogP contribution in [0, 0.1) is 0 Å². The van der Waals surface area contributed by atoms with E-state index in [1.807, 2.05) is 24.3 Å². The van der Waals surface area contributed by atoms with E-state index < -0.39 is 0 Å². The lowest BCUT2D eigenvalue weighted by atomic mass is 10.1. The molecule has 0 bridgehead atoms. The van der Waals surface area contributed by atoms with E-state index in [0.717, 1.165) is 37.9 Å². The van der Waals surface area contributed by atoms with Gasteiger partial charge in [0.1, 0.15) is 6.42 Å². The number of hydrogen-bond acceptors (Lipinski definition) is 5. The molecular formula is C18H26N4O2. The van der Waals surface area contributed by atoms with Gasteiger partial charge in [0.05, 0.1) is 0 Å². The minimum absolute atomic E-state index is 0.0987. The highest BCUT2D eigenvalue weighted by atomic mass is 16.5. The van der Waals surface area contributed by atoms with Crippen LogP contribution in [0.4, 0.5) is 5.69 Å². The minimum atomic E-state index is -0.151. The molecule has 1 N–H and O–H groups in total. The molecule has 1 aromatic heterocycles. The SMILES string of the molecule is CCCCc1noc(CC(=O)Nc2ccc(CCN(C)C)cc2)n1. The summed E-state index contributed by atoms with van der Waals surface area (Å²) in [6.07, 6.45) is 3.97. The van der Waals surface area contributed by atoms with Gasteiger partial charge in [0.25, 0.3) is 0 Å². The number of benzene rings is 1. The third kappa shape index (κ3) is 6.12. The molecule has 1 aromatic carbocycles. The van der Waals surface area contributed by atoms with Crippen molar-refractivity contribution in [1.29, 1.82) is 0 Å². The standard InChI is InChI=1S/C18H26N4O2/c1-4-5-6-16-20-18(24-21-16)13-17(23)19-15-9-7-14(8-10-15)11-12-22(2)3/h7-10H,4-6,11-13H2,1-3H3,(H,19,23). The van der Waals surface area contributed by atoms with Crippen LogP contribution in [0.25, 0.3) is 0 Å². The van der Waals surface area contributed by atoms with Crippen molar-refractivity contribution in [3.8, 4) is 0 Å². The maximum atomic E-state index is 12.1. The van der Waals surface area contributed by atoms with Crippen molar-refractivity contribution in [2.45, 2.75) is 39.0 Å². The number of amides is 1. The molecule has 0 saturated heterocycles. The molecule has 6 heteroatoms. The highest BCUT2D eigenvalue weighted by Gasteiger charge is 2.11. The summed E-state index contributed by atoms with van der Waals surface area (Å²) in [6.45, 7) is 3.11. The highest BCUT2D eigenvalue weighted by Crippen LogP contribution is 2.11. The number of unbranched alkanes of at least 4 members (excludes halogenated alkanes) is 1. The average molecular weight is 330 g/mol. The van der Waals surface area contributed by atoms with Crippen molar-refractivity contribution < 1.29 is 9.32 Å². The Labute approximate surface area is 143 Å². The van der Waals surface area contributed by atoms with Gasteiger partial charge in [0, 0.05) is 18.7 Å². The van der Waals surface area contributed by atoms with Crippen molar-refractivity contribution in [2.24, 2.45) is 0 Å². The van der Waals surface area contributed by atoms with Crippen LogP contribution in [0.15, 0.2) is 28.8 Å². The molecule has 0 saturated carbocycles. The Kier molecular flexibility index (Phi) is 6.93. The summed E-state index contributed by atoms with van der Waals surface area (Å²) in [4.78, 5) is 18.4. The van der Waals surface area contributed by atoms with Crippen molar-refractivity contribution in [2.75, 3.05) is 26.0 Å². The molecule has 130 valence electrons. The Balaban J connectivity index is 1.82. The monoisotopic (exact) mass is 330 g/mol. The van der Waals surface area contributed by atoms with Gasteiger partial charge < -0.3 is 14.7 Å². The Hall–Kier alpha value is -2.21. The zero-order valence-electron chi connectivity index (χ0n) is 14.7. The summed E-state index contributed by atoms with van der Waals surface area (Å²) in [5.41, 5.74) is 2.03. The van der Waals surface area contributed by atoms with Crippen LogP contribution in [-0.2, 0) is 24.1 Å². The molecule has 0 aliphatic rings. The molecular weight excluding hydrogens is 304 g/mol. The Morgan fingerprint density at radius 2 is 1.96 bits per heavy atom. The molecule has 0 unspecified atom stereocenters. The van der Waals surface area contributed by atoms with Crippen molar-refractivity contribution in [3.05, 3.63) is 41.5 Å². The van der Waals surface area contributed by atoms with Crippen LogP contribution < -0.4 is 5.32 Å². The van der Waals surface area contributed by atoms with Gasteiger partial charge in [0.2, 0.25) is 11.8 Å². The summed E-state index contributed by atoms with van der Waals surface area (Å²) >= 11 is 0. The predicted octanol–water partition coefficient (Wildman–Crippen LogP) is 2.70. The van der Waals surface area contributed by atoms with Crippen molar-refractivity contribution in [3.63, 3.8) is 0 Å². The molecule has 0 aliphatic carbocycles. The van der Waals surface area contributed by atoms with Gasteiger partial charge in [-0.3, -0.25) is 4.79 Å². The van der Waals surface area contributed by atoms with Crippen LogP contribution in [0.5, 0.6) is 0 Å². The fourth-order valence-electron chi connectivity index (χ4n) is 2.25. The third-order valence-corrected chi connectivity index (χ3v) is 3.66. The van der Waals surface area contributed by atoms with Gasteiger partial charge in [-0.2, -0.15) is 4.98 Å². The summed E-state index contributed by atoms with van der Waals surface area (Å²) in [5.74, 6) is 0.882. The molecule has 0 fully saturated rings. The first-order chi connectivity index (χ1) is 11.6. The fourth-order valence-corrected chi connectivity index (χ4v) is 2.25. The highest BCUT2D eigenvalue weighted by molar-refractivity contribution is 5.91. The number of carbonyl (C=O) groups excluding carboxylic acids is 1. The average Bonchev–Trinajstić information content (AvgIpc) is 2.99. The molecule has 24 heavy (non-hydrogen) atoms. The maximum absolute atomic E-state index is 12.1. The molecule has 0 aliphatic heterocycles. The van der Waals surface area contributed by atoms with E-state index in [9.17, 15) is 4.79 Å². The Morgan fingerprint density at radius 3 is 2.62 bits per heavy atom. The summed E-state index contributed by atoms with van der Waals surface area (Å²) in [6, 6.07) is 7.91. The van der Waals surface area contributed by atoms with Gasteiger partial charge >= 0.3 is 0 Å². The van der Waals surface area contributed by atoms with E-state index in [0.29, 0.717) is 11.7 Å². The van der Waals surface area contributed by atoms with Crippen LogP contribution in [0.1, 0.15) is 37.0 Å². The molecule has 0 atom stereocenters. The van der Waals surface area contributed by atoms with Crippen LogP contribution >= 0.6 is 0 Å². The first kappa shape index (κ1) is 18.1. The molecule has 1 heterocycles. The quantitative estimate of drug-likeness (QED) is 0.765. The smallest absolute Gasteiger partial charge is 0.236 e. The third-order valence-electron chi connectivity index (χ3n) is 3.66. The number of nitrogens with zero attached hydrogens (tertiary/aromatic N) is 3. The predicted molar refractivity (Wildman–Crippen MR) is 93.9 cm³/mol. The second-order valence-corrected chi connectivity index (χ2v) is 6.18. The molecule has 1 amide bonds. The molecule has 2 rings (SSSR count). The van der Waals surface area contributed by atoms with E-state index in [2.05, 4.69) is 41.4 Å². The van der Waals surface area contributed by atoms with Gasteiger partial charge in [-0.15, -0.1) is 0 Å². The number of carbonyl (C=O) groups is 1. The van der Waals surface area contributed by atoms with E-state index in [1.165, 1.54) is 5.56 Å². The lowest BCUT2D eigenvalue weighted by Crippen LogP contribution is -2.16. The normalized spacial score (nSPS) is 11.0. The number of aryl methyl sites for hydroxylation is 1. The minimum Gasteiger partial charge on any atom is -0.339 e. The van der Waals surface area contributed by atoms with Crippen LogP contribution in [-0.4, -0.2) is 41.6 Å². The number of nitrogens with one attached hydrogen (secondary N) is 1. The van der Waals surface area contributed by atoms with E-state index in [4.69, 9.17) is 4.52 Å². The summed E-state index contributed by atoms with van der Waals surface area (Å²) in [5, 5.41) is 6.75. The van der Waals surface area contributed by atoms with Gasteiger partial charge in [-0.1, -0.05) is 30.6 Å². The van der Waals surface area contributed by atoms with Crippen LogP contribution in [0.3, 0.4) is 0 Å². The second kappa shape index (κ2) is 9.17. The Bertz CT molecular complexity index is 635. The lowest BCUT2D eigenvalue weighted by Gasteiger charge is -2.10. The second-order valence-electron chi connectivity index (χ2n) is 6.18. The molecule has 0 radical (unpaired) electrons. The zero-order valence-corrected chi connectivity index (χ0v) is 14.7. The molecule has 2 aromatic rings. The number of rotatable bonds is 9. The van der Waals surface area contributed by atoms with E-state index >= 15 is 0 Å². The number of hydrogen-bond donors (Lipinski definition) is 1. The molecule has 6 nitrogen and oxygen atoms in total. The fraction of sp³-hybridized carbons (Fsp3) is 0.500. The van der Waals surface area contributed by atoms with E-state index in [1.54, 1.807) is 0 Å². The van der Waals surface area contributed by atoms with Gasteiger partial charge in [-0.05, 0) is 44.6 Å². The van der Waals surface area contributed by atoms with Gasteiger partial charge in [0.15, 0.2) is 5.82 Å². The van der Waals surface area contributed by atoms with E-state index in [-0.39, 0.29) is 12.3 Å². The summed E-state index contributed by atoms with van der Waals surface area (Å²) in [7, 11) is 4.11. The number of likely N-dealkylation sites (N-methyl/N-ethyl adjacent to an activating group) is 1. The zero-order chi connectivity index (χ0) is 17.4.